The molecule has 5 rings (SSSR count). The van der Waals surface area contributed by atoms with Gasteiger partial charge in [0.2, 0.25) is 5.92 Å². The highest BCUT2D eigenvalue weighted by Crippen LogP contribution is 2.56. The Hall–Kier alpha value is -3.38. The Kier molecular flexibility index (Phi) is 7.44. The van der Waals surface area contributed by atoms with Gasteiger partial charge in [0, 0.05) is 75.2 Å². The number of hydrogen-bond acceptors (Lipinski definition) is 5. The highest BCUT2D eigenvalue weighted by atomic mass is 19.4. The van der Waals surface area contributed by atoms with Crippen LogP contribution >= 0.6 is 0 Å². The van der Waals surface area contributed by atoms with Crippen LogP contribution < -0.4 is 10.2 Å². The summed E-state index contributed by atoms with van der Waals surface area (Å²) in [5, 5.41) is 18.9. The van der Waals surface area contributed by atoms with Crippen LogP contribution in [0.4, 0.5) is 27.6 Å². The Bertz CT molecular complexity index is 1370. The van der Waals surface area contributed by atoms with E-state index in [-0.39, 0.29) is 42.5 Å². The van der Waals surface area contributed by atoms with Crippen molar-refractivity contribution in [1.29, 1.82) is 10.8 Å². The van der Waals surface area contributed by atoms with E-state index >= 15 is 0 Å². The number of piperazine rings is 1. The number of carbonyl (C=O) groups is 1. The molecule has 2 fully saturated rings. The quantitative estimate of drug-likeness (QED) is 0.239. The van der Waals surface area contributed by atoms with Gasteiger partial charge in [-0.1, -0.05) is 12.1 Å². The first-order valence-electron chi connectivity index (χ1n) is 13.5. The van der Waals surface area contributed by atoms with Crippen molar-refractivity contribution < 1.29 is 26.7 Å². The summed E-state index contributed by atoms with van der Waals surface area (Å²) >= 11 is 0. The normalized spacial score (nSPS) is 21.8. The molecule has 1 saturated carbocycles. The van der Waals surface area contributed by atoms with Crippen LogP contribution in [0.3, 0.4) is 0 Å². The van der Waals surface area contributed by atoms with Crippen LogP contribution in [0.15, 0.2) is 36.4 Å². The summed E-state index contributed by atoms with van der Waals surface area (Å²) < 4.78 is 71.0. The van der Waals surface area contributed by atoms with E-state index in [1.807, 2.05) is 6.92 Å². The molecule has 3 aliphatic rings. The number of rotatable bonds is 7. The fourth-order valence-electron chi connectivity index (χ4n) is 6.33. The first-order valence-corrected chi connectivity index (χ1v) is 13.5. The van der Waals surface area contributed by atoms with Crippen molar-refractivity contribution in [3.05, 3.63) is 64.2 Å². The third-order valence-electron chi connectivity index (χ3n) is 8.36. The molecule has 3 N–H and O–H groups in total. The number of nitrogens with one attached hydrogen (secondary N) is 3. The summed E-state index contributed by atoms with van der Waals surface area (Å²) in [4.78, 5) is 18.1. The molecule has 2 aliphatic heterocycles. The maximum absolute atomic E-state index is 14.2. The lowest BCUT2D eigenvalue weighted by atomic mass is 9.60. The second kappa shape index (κ2) is 10.5. The Labute approximate surface area is 235 Å². The molecule has 2 heterocycles. The van der Waals surface area contributed by atoms with Crippen LogP contribution in [0.25, 0.3) is 0 Å². The summed E-state index contributed by atoms with van der Waals surface area (Å²) in [6, 6.07) is 9.30. The molecule has 220 valence electrons. The molecule has 0 aromatic heterocycles. The maximum Gasteiger partial charge on any atom is 0.416 e. The van der Waals surface area contributed by atoms with Crippen LogP contribution in [-0.4, -0.2) is 66.5 Å². The molecule has 1 saturated heterocycles. The SMILES string of the molecule is CC1CN(Cc2cc3c(c(C(F)(F)F)c2)CN(c2cccc(C4(CC(=N)N(C)C=N)CC(F)(F)C4)c2)C3=O)CCN1. The van der Waals surface area contributed by atoms with Gasteiger partial charge in [0.15, 0.2) is 0 Å². The van der Waals surface area contributed by atoms with Gasteiger partial charge >= 0.3 is 6.18 Å². The van der Waals surface area contributed by atoms with Crippen LogP contribution in [0.2, 0.25) is 0 Å². The number of benzene rings is 2. The number of nitrogens with zero attached hydrogens (tertiary/aromatic N) is 3. The van der Waals surface area contributed by atoms with Gasteiger partial charge in [-0.2, -0.15) is 13.2 Å². The van der Waals surface area contributed by atoms with Crippen molar-refractivity contribution in [1.82, 2.24) is 15.1 Å². The minimum atomic E-state index is -4.65. The van der Waals surface area contributed by atoms with E-state index in [9.17, 15) is 26.7 Å². The average Bonchev–Trinajstić information content (AvgIpc) is 3.22. The van der Waals surface area contributed by atoms with Gasteiger partial charge in [-0.3, -0.25) is 20.5 Å². The van der Waals surface area contributed by atoms with Crippen molar-refractivity contribution in [3.63, 3.8) is 0 Å². The van der Waals surface area contributed by atoms with E-state index in [2.05, 4.69) is 10.2 Å². The van der Waals surface area contributed by atoms with Gasteiger partial charge in [-0.25, -0.2) is 8.78 Å². The van der Waals surface area contributed by atoms with Crippen molar-refractivity contribution >= 4 is 23.8 Å². The number of hydrogen-bond donors (Lipinski definition) is 3. The minimum absolute atomic E-state index is 0.00249. The predicted molar refractivity (Wildman–Crippen MR) is 146 cm³/mol. The third-order valence-corrected chi connectivity index (χ3v) is 8.36. The molecule has 41 heavy (non-hydrogen) atoms. The molecule has 0 spiro atoms. The summed E-state index contributed by atoms with van der Waals surface area (Å²) in [6.45, 7) is 4.11. The molecule has 7 nitrogen and oxygen atoms in total. The van der Waals surface area contributed by atoms with E-state index in [1.165, 1.54) is 16.8 Å². The fraction of sp³-hybridized carbons (Fsp3) is 0.483. The summed E-state index contributed by atoms with van der Waals surface area (Å²) in [5.41, 5.74) is -0.800. The standard InChI is InChI=1S/C29H33F5N6O/c1-18-12-39(7-6-37-18)13-19-8-22-23(24(9-19)29(32,33)34)14-40(26(22)41)21-5-3-4-20(10-21)27(15-28(30,31)16-27)11-25(36)38(2)17-35/h3-5,8-10,17-18,35-37H,6-7,11-16H2,1-2H3. The van der Waals surface area contributed by atoms with E-state index < -0.39 is 41.8 Å². The smallest absolute Gasteiger partial charge is 0.325 e. The van der Waals surface area contributed by atoms with E-state index in [0.29, 0.717) is 29.9 Å². The Morgan fingerprint density at radius 1 is 1.22 bits per heavy atom. The summed E-state index contributed by atoms with van der Waals surface area (Å²) in [6.07, 6.45) is -4.77. The lowest BCUT2D eigenvalue weighted by Gasteiger charge is -2.48. The Balaban J connectivity index is 1.46. The molecular formula is C29H33F5N6O. The number of alkyl halides is 5. The second-order valence-corrected chi connectivity index (χ2v) is 11.6. The second-order valence-electron chi connectivity index (χ2n) is 11.6. The van der Waals surface area contributed by atoms with Gasteiger partial charge < -0.3 is 15.1 Å². The van der Waals surface area contributed by atoms with Crippen molar-refractivity contribution in [2.24, 2.45) is 0 Å². The van der Waals surface area contributed by atoms with Crippen LogP contribution in [0.1, 0.15) is 58.8 Å². The maximum atomic E-state index is 14.2. The Morgan fingerprint density at radius 2 is 1.95 bits per heavy atom. The number of fused-ring (bicyclic) bond motifs is 1. The van der Waals surface area contributed by atoms with Crippen LogP contribution in [-0.2, 0) is 24.7 Å². The predicted octanol–water partition coefficient (Wildman–Crippen LogP) is 5.23. The molecule has 0 radical (unpaired) electrons. The van der Waals surface area contributed by atoms with Crippen molar-refractivity contribution in [2.75, 3.05) is 31.6 Å². The van der Waals surface area contributed by atoms with Gasteiger partial charge in [0.1, 0.15) is 5.84 Å². The first kappa shape index (κ1) is 29.1. The average molecular weight is 577 g/mol. The zero-order valence-electron chi connectivity index (χ0n) is 22.9. The summed E-state index contributed by atoms with van der Waals surface area (Å²) in [7, 11) is 1.49. The number of amides is 1. The third kappa shape index (κ3) is 5.72. The van der Waals surface area contributed by atoms with E-state index in [0.717, 1.165) is 18.9 Å². The molecular weight excluding hydrogens is 543 g/mol. The molecule has 1 aliphatic carbocycles. The molecule has 1 atom stereocenters. The fourth-order valence-corrected chi connectivity index (χ4v) is 6.33. The monoisotopic (exact) mass is 576 g/mol. The Morgan fingerprint density at radius 3 is 2.59 bits per heavy atom. The van der Waals surface area contributed by atoms with Gasteiger partial charge in [-0.05, 0) is 47.9 Å². The molecule has 1 unspecified atom stereocenters. The van der Waals surface area contributed by atoms with Crippen LogP contribution in [0, 0.1) is 10.8 Å². The molecule has 12 heteroatoms. The number of anilines is 1. The summed E-state index contributed by atoms with van der Waals surface area (Å²) in [5.74, 6) is -3.49. The molecule has 0 bridgehead atoms. The van der Waals surface area contributed by atoms with E-state index in [4.69, 9.17) is 10.8 Å². The zero-order valence-corrected chi connectivity index (χ0v) is 22.9. The number of carbonyl (C=O) groups excluding carboxylic acids is 1. The number of amidine groups is 1. The number of halogens is 5. The highest BCUT2D eigenvalue weighted by Gasteiger charge is 2.57. The minimum Gasteiger partial charge on any atom is -0.325 e. The lowest BCUT2D eigenvalue weighted by molar-refractivity contribution is -0.138. The zero-order chi connectivity index (χ0) is 29.7. The van der Waals surface area contributed by atoms with Gasteiger partial charge in [0.05, 0.1) is 18.4 Å². The topological polar surface area (TPSA) is 86.5 Å². The first-order chi connectivity index (χ1) is 19.2. The van der Waals surface area contributed by atoms with Crippen LogP contribution in [0.5, 0.6) is 0 Å². The molecule has 2 aromatic carbocycles. The van der Waals surface area contributed by atoms with Gasteiger partial charge in [0.25, 0.3) is 5.91 Å². The van der Waals surface area contributed by atoms with Gasteiger partial charge in [-0.15, -0.1) is 0 Å². The highest BCUT2D eigenvalue weighted by molar-refractivity contribution is 6.10. The lowest BCUT2D eigenvalue weighted by Crippen LogP contribution is -2.51. The largest absolute Gasteiger partial charge is 0.416 e. The van der Waals surface area contributed by atoms with E-state index in [1.54, 1.807) is 30.3 Å². The van der Waals surface area contributed by atoms with Crippen molar-refractivity contribution in [3.8, 4) is 0 Å². The molecule has 2 aromatic rings. The van der Waals surface area contributed by atoms with Crippen molar-refractivity contribution in [2.45, 2.75) is 62.8 Å². The molecule has 1 amide bonds.